The first kappa shape index (κ1) is 19.3. The summed E-state index contributed by atoms with van der Waals surface area (Å²) in [5, 5.41) is 2.59. The maximum Gasteiger partial charge on any atom is 0.285 e. The van der Waals surface area contributed by atoms with Crippen LogP contribution in [0.5, 0.6) is 0 Å². The molecule has 6 heteroatoms. The largest absolute Gasteiger partial charge is 0.323 e. The van der Waals surface area contributed by atoms with Crippen molar-refractivity contribution in [2.45, 2.75) is 9.79 Å². The van der Waals surface area contributed by atoms with Gasteiger partial charge in [-0.05, 0) is 48.5 Å². The first-order chi connectivity index (χ1) is 13.5. The lowest BCUT2D eigenvalue weighted by atomic mass is 10.2. The van der Waals surface area contributed by atoms with E-state index in [4.69, 9.17) is 0 Å². The van der Waals surface area contributed by atoms with Crippen LogP contribution in [-0.4, -0.2) is 16.0 Å². The van der Waals surface area contributed by atoms with Crippen molar-refractivity contribution in [2.75, 3.05) is 5.32 Å². The van der Waals surface area contributed by atoms with Gasteiger partial charge in [-0.1, -0.05) is 49.0 Å². The lowest BCUT2D eigenvalue weighted by molar-refractivity contribution is -0.111. The zero-order valence-corrected chi connectivity index (χ0v) is 15.8. The summed E-state index contributed by atoms with van der Waals surface area (Å²) in [6.45, 7) is 3.39. The summed E-state index contributed by atoms with van der Waals surface area (Å²) in [6.07, 6.45) is 1.14. The van der Waals surface area contributed by atoms with E-state index in [1.54, 1.807) is 66.7 Å². The summed E-state index contributed by atoms with van der Waals surface area (Å²) in [5.41, 5.74) is 0.651. The molecule has 0 fully saturated rings. The van der Waals surface area contributed by atoms with Crippen molar-refractivity contribution in [3.8, 4) is 0 Å². The van der Waals surface area contributed by atoms with Crippen LogP contribution in [0, 0.1) is 0 Å². The van der Waals surface area contributed by atoms with Gasteiger partial charge in [0, 0.05) is 11.3 Å². The molecule has 3 aromatic rings. The van der Waals surface area contributed by atoms with E-state index in [2.05, 4.69) is 16.3 Å². The molecule has 3 aromatic carbocycles. The van der Waals surface area contributed by atoms with Gasteiger partial charge in [-0.2, -0.15) is 0 Å². The van der Waals surface area contributed by atoms with Crippen molar-refractivity contribution in [3.63, 3.8) is 0 Å². The quantitative estimate of drug-likeness (QED) is 0.650. The van der Waals surface area contributed by atoms with E-state index in [9.17, 15) is 13.8 Å². The minimum atomic E-state index is -3.16. The summed E-state index contributed by atoms with van der Waals surface area (Å²) in [4.78, 5) is 25.2. The van der Waals surface area contributed by atoms with Gasteiger partial charge < -0.3 is 5.32 Å². The monoisotopic (exact) mass is 390 g/mol. The molecule has 0 spiro atoms. The van der Waals surface area contributed by atoms with Crippen molar-refractivity contribution in [1.82, 2.24) is 0 Å². The van der Waals surface area contributed by atoms with Gasteiger partial charge in [0.05, 0.1) is 9.79 Å². The number of carbonyl (C=O) groups is 2. The third-order valence-corrected chi connectivity index (χ3v) is 6.14. The van der Waals surface area contributed by atoms with Gasteiger partial charge in [0.15, 0.2) is 0 Å². The normalized spacial score (nSPS) is 10.7. The average Bonchev–Trinajstić information content (AvgIpc) is 2.75. The Morgan fingerprint density at radius 1 is 0.857 bits per heavy atom. The predicted octanol–water partition coefficient (Wildman–Crippen LogP) is 4.54. The number of amides is 2. The summed E-state index contributed by atoms with van der Waals surface area (Å²) >= 11 is 0. The van der Waals surface area contributed by atoms with E-state index in [0.29, 0.717) is 15.5 Å². The third kappa shape index (κ3) is 4.24. The Kier molecular flexibility index (Phi) is 5.81. The second-order valence-corrected chi connectivity index (χ2v) is 8.00. The fraction of sp³-hybridized carbons (Fsp3) is 0. The summed E-state index contributed by atoms with van der Waals surface area (Å²) < 4.78 is 17.9. The molecule has 3 rings (SSSR count). The molecule has 1 N–H and O–H groups in total. The van der Waals surface area contributed by atoms with Crippen LogP contribution in [0.15, 0.2) is 112 Å². The van der Waals surface area contributed by atoms with Crippen molar-refractivity contribution in [1.29, 1.82) is 0 Å². The second-order valence-electron chi connectivity index (χ2n) is 5.82. The predicted molar refractivity (Wildman–Crippen MR) is 110 cm³/mol. The molecule has 0 saturated carbocycles. The zero-order valence-electron chi connectivity index (χ0n) is 14.9. The number of nitrogens with one attached hydrogen (secondary N) is 1. The molecular formula is C22H18N2O3S. The standard InChI is InChI=1S/C22H18N2O3S/c1-2-21(25)23-18-11-9-10-17(16-18)22(26)24-28(27,19-12-5-3-6-13-19)20-14-7-4-8-15-20/h2-16H,1H2,(H,23,25). The molecule has 0 bridgehead atoms. The van der Waals surface area contributed by atoms with Crippen LogP contribution in [0.2, 0.25) is 0 Å². The number of anilines is 1. The van der Waals surface area contributed by atoms with Crippen molar-refractivity contribution in [3.05, 3.63) is 103 Å². The van der Waals surface area contributed by atoms with Crippen LogP contribution >= 0.6 is 0 Å². The lowest BCUT2D eigenvalue weighted by Gasteiger charge is -2.11. The SMILES string of the molecule is C=CC(=O)Nc1cccc(C(=O)N=S(=O)(c2ccccc2)c2ccccc2)c1. The molecular weight excluding hydrogens is 372 g/mol. The Balaban J connectivity index is 2.08. The minimum absolute atomic E-state index is 0.224. The molecule has 5 nitrogen and oxygen atoms in total. The Morgan fingerprint density at radius 3 is 1.96 bits per heavy atom. The van der Waals surface area contributed by atoms with E-state index >= 15 is 0 Å². The number of rotatable bonds is 5. The van der Waals surface area contributed by atoms with Gasteiger partial charge in [-0.3, -0.25) is 9.59 Å². The molecule has 0 heterocycles. The highest BCUT2D eigenvalue weighted by molar-refractivity contribution is 7.94. The molecule has 0 aromatic heterocycles. The molecule has 0 aliphatic heterocycles. The van der Waals surface area contributed by atoms with Crippen LogP contribution in [0.4, 0.5) is 5.69 Å². The molecule has 2 amide bonds. The first-order valence-corrected chi connectivity index (χ1v) is 9.99. The first-order valence-electron chi connectivity index (χ1n) is 8.48. The van der Waals surface area contributed by atoms with Crippen LogP contribution < -0.4 is 5.32 Å². The molecule has 28 heavy (non-hydrogen) atoms. The van der Waals surface area contributed by atoms with Gasteiger partial charge in [-0.25, -0.2) is 4.21 Å². The van der Waals surface area contributed by atoms with Gasteiger partial charge in [-0.15, -0.1) is 4.36 Å². The van der Waals surface area contributed by atoms with Crippen molar-refractivity contribution >= 4 is 27.2 Å². The zero-order chi connectivity index (χ0) is 20.0. The number of carbonyl (C=O) groups excluding carboxylic acids is 2. The van der Waals surface area contributed by atoms with Gasteiger partial charge in [0.2, 0.25) is 5.91 Å². The van der Waals surface area contributed by atoms with Crippen LogP contribution in [0.25, 0.3) is 0 Å². The molecule has 0 atom stereocenters. The molecule has 0 aliphatic rings. The Hall–Kier alpha value is -3.51. The topological polar surface area (TPSA) is 75.6 Å². The highest BCUT2D eigenvalue weighted by Gasteiger charge is 2.18. The minimum Gasteiger partial charge on any atom is -0.323 e. The highest BCUT2D eigenvalue weighted by Crippen LogP contribution is 2.24. The number of hydrogen-bond donors (Lipinski definition) is 1. The Labute approximate surface area is 163 Å². The van der Waals surface area contributed by atoms with Crippen molar-refractivity contribution < 1.29 is 13.8 Å². The Bertz CT molecular complexity index is 1090. The molecule has 0 unspecified atom stereocenters. The summed E-state index contributed by atoms with van der Waals surface area (Å²) in [7, 11) is -3.16. The van der Waals surface area contributed by atoms with E-state index in [0.717, 1.165) is 6.08 Å². The van der Waals surface area contributed by atoms with Crippen LogP contribution in [-0.2, 0) is 14.5 Å². The van der Waals surface area contributed by atoms with Gasteiger partial charge in [0.25, 0.3) is 5.91 Å². The van der Waals surface area contributed by atoms with Crippen molar-refractivity contribution in [2.24, 2.45) is 4.36 Å². The Morgan fingerprint density at radius 2 is 1.43 bits per heavy atom. The maximum atomic E-state index is 13.8. The van der Waals surface area contributed by atoms with Gasteiger partial charge >= 0.3 is 0 Å². The highest BCUT2D eigenvalue weighted by atomic mass is 32.2. The van der Waals surface area contributed by atoms with E-state index < -0.39 is 15.6 Å². The van der Waals surface area contributed by atoms with E-state index in [-0.39, 0.29) is 11.5 Å². The van der Waals surface area contributed by atoms with E-state index in [1.165, 1.54) is 6.07 Å². The van der Waals surface area contributed by atoms with Crippen LogP contribution in [0.1, 0.15) is 10.4 Å². The summed E-state index contributed by atoms with van der Waals surface area (Å²) in [5.74, 6) is -1.02. The second kappa shape index (κ2) is 8.45. The lowest BCUT2D eigenvalue weighted by Crippen LogP contribution is -2.09. The number of nitrogens with zero attached hydrogens (tertiary/aromatic N) is 1. The number of benzene rings is 3. The number of hydrogen-bond acceptors (Lipinski definition) is 3. The molecule has 0 saturated heterocycles. The fourth-order valence-electron chi connectivity index (χ4n) is 2.54. The summed E-state index contributed by atoms with van der Waals surface area (Å²) in [6, 6.07) is 23.7. The molecule has 0 radical (unpaired) electrons. The average molecular weight is 390 g/mol. The molecule has 140 valence electrons. The third-order valence-electron chi connectivity index (χ3n) is 3.90. The molecule has 0 aliphatic carbocycles. The van der Waals surface area contributed by atoms with Gasteiger partial charge in [0.1, 0.15) is 9.73 Å². The smallest absolute Gasteiger partial charge is 0.285 e. The fourth-order valence-corrected chi connectivity index (χ4v) is 4.42. The maximum absolute atomic E-state index is 13.8. The van der Waals surface area contributed by atoms with Crippen LogP contribution in [0.3, 0.4) is 0 Å². The van der Waals surface area contributed by atoms with E-state index in [1.807, 2.05) is 12.1 Å².